The van der Waals surface area contributed by atoms with Gasteiger partial charge in [-0.1, -0.05) is 78.6 Å². The van der Waals surface area contributed by atoms with Crippen molar-refractivity contribution in [3.05, 3.63) is 0 Å². The summed E-state index contributed by atoms with van der Waals surface area (Å²) in [4.78, 5) is 11.4. The third kappa shape index (κ3) is 7.59. The molecule has 0 aliphatic rings. The van der Waals surface area contributed by atoms with Crippen molar-refractivity contribution in [2.45, 2.75) is 97.8 Å². The fourth-order valence-corrected chi connectivity index (χ4v) is 2.79. The van der Waals surface area contributed by atoms with Gasteiger partial charge in [-0.15, -0.1) is 0 Å². The quantitative estimate of drug-likeness (QED) is 0.429. The summed E-state index contributed by atoms with van der Waals surface area (Å²) in [5.41, 5.74) is -0.457. The van der Waals surface area contributed by atoms with Gasteiger partial charge in [0.25, 0.3) is 0 Å². The van der Waals surface area contributed by atoms with Crippen molar-refractivity contribution in [1.82, 2.24) is 0 Å². The van der Waals surface area contributed by atoms with E-state index in [1.54, 1.807) is 0 Å². The Bertz CT molecular complexity index is 219. The third-order valence-electron chi connectivity index (χ3n) is 4.57. The second kappa shape index (κ2) is 11.3. The molecule has 0 amide bonds. The van der Waals surface area contributed by atoms with Crippen molar-refractivity contribution in [3.8, 4) is 0 Å². The first-order valence-corrected chi connectivity index (χ1v) is 8.36. The molecular formula is C17H34O2. The molecule has 2 heteroatoms. The molecule has 0 fully saturated rings. The largest absolute Gasteiger partial charge is 0.481 e. The van der Waals surface area contributed by atoms with Gasteiger partial charge in [-0.25, -0.2) is 0 Å². The molecule has 0 saturated carbocycles. The van der Waals surface area contributed by atoms with Crippen LogP contribution in [-0.4, -0.2) is 11.1 Å². The molecule has 0 atom stereocenters. The Morgan fingerprint density at radius 2 is 1.21 bits per heavy atom. The number of rotatable bonds is 13. The highest BCUT2D eigenvalue weighted by Crippen LogP contribution is 2.33. The molecule has 2 nitrogen and oxygen atoms in total. The monoisotopic (exact) mass is 270 g/mol. The van der Waals surface area contributed by atoms with Crippen molar-refractivity contribution < 1.29 is 9.90 Å². The molecule has 0 bridgehead atoms. The Morgan fingerprint density at radius 1 is 0.789 bits per heavy atom. The average Bonchev–Trinajstić information content (AvgIpc) is 2.41. The van der Waals surface area contributed by atoms with Crippen LogP contribution in [0, 0.1) is 5.41 Å². The summed E-state index contributed by atoms with van der Waals surface area (Å²) in [6, 6.07) is 0. The van der Waals surface area contributed by atoms with E-state index in [2.05, 4.69) is 6.92 Å². The lowest BCUT2D eigenvalue weighted by Crippen LogP contribution is -2.29. The van der Waals surface area contributed by atoms with Crippen LogP contribution in [0.4, 0.5) is 0 Å². The van der Waals surface area contributed by atoms with E-state index in [1.165, 1.54) is 51.4 Å². The number of carboxylic acids is 1. The molecule has 19 heavy (non-hydrogen) atoms. The zero-order valence-electron chi connectivity index (χ0n) is 13.3. The van der Waals surface area contributed by atoms with E-state index >= 15 is 0 Å². The van der Waals surface area contributed by atoms with Crippen LogP contribution in [0.15, 0.2) is 0 Å². The lowest BCUT2D eigenvalue weighted by atomic mass is 9.78. The van der Waals surface area contributed by atoms with E-state index in [4.69, 9.17) is 0 Å². The Kier molecular flexibility index (Phi) is 11.0. The molecule has 114 valence electrons. The van der Waals surface area contributed by atoms with Crippen molar-refractivity contribution >= 4 is 5.97 Å². The highest BCUT2D eigenvalue weighted by molar-refractivity contribution is 5.74. The summed E-state index contributed by atoms with van der Waals surface area (Å²) in [6.45, 7) is 6.26. The fourth-order valence-electron chi connectivity index (χ4n) is 2.79. The van der Waals surface area contributed by atoms with E-state index in [1.807, 2.05) is 13.8 Å². The van der Waals surface area contributed by atoms with Gasteiger partial charge in [-0.3, -0.25) is 4.79 Å². The van der Waals surface area contributed by atoms with Crippen molar-refractivity contribution in [1.29, 1.82) is 0 Å². The van der Waals surface area contributed by atoms with E-state index in [0.717, 1.165) is 25.7 Å². The minimum Gasteiger partial charge on any atom is -0.481 e. The van der Waals surface area contributed by atoms with Gasteiger partial charge in [-0.2, -0.15) is 0 Å². The minimum atomic E-state index is -0.600. The maximum atomic E-state index is 11.4. The topological polar surface area (TPSA) is 37.3 Å². The standard InChI is InChI=1S/C17H34O2/c1-4-7-8-9-10-11-12-13-14-15-17(5-2,6-3)16(18)19/h4-15H2,1-3H3,(H,18,19). The average molecular weight is 270 g/mol. The molecule has 0 heterocycles. The summed E-state index contributed by atoms with van der Waals surface area (Å²) in [5.74, 6) is -0.600. The Labute approximate surface area is 120 Å². The SMILES string of the molecule is CCCCCCCCCCCC(CC)(CC)C(=O)O. The maximum absolute atomic E-state index is 11.4. The third-order valence-corrected chi connectivity index (χ3v) is 4.57. The van der Waals surface area contributed by atoms with Gasteiger partial charge in [0, 0.05) is 0 Å². The van der Waals surface area contributed by atoms with Crippen LogP contribution in [-0.2, 0) is 4.79 Å². The van der Waals surface area contributed by atoms with Crippen LogP contribution < -0.4 is 0 Å². The van der Waals surface area contributed by atoms with Gasteiger partial charge in [0.15, 0.2) is 0 Å². The summed E-state index contributed by atoms with van der Waals surface area (Å²) < 4.78 is 0. The number of carbonyl (C=O) groups is 1. The van der Waals surface area contributed by atoms with Crippen LogP contribution >= 0.6 is 0 Å². The first-order chi connectivity index (χ1) is 9.13. The lowest BCUT2D eigenvalue weighted by Gasteiger charge is -2.26. The Hall–Kier alpha value is -0.530. The van der Waals surface area contributed by atoms with Gasteiger partial charge < -0.3 is 5.11 Å². The predicted molar refractivity (Wildman–Crippen MR) is 82.5 cm³/mol. The number of hydrogen-bond donors (Lipinski definition) is 1. The normalized spacial score (nSPS) is 11.7. The van der Waals surface area contributed by atoms with Crippen molar-refractivity contribution in [3.63, 3.8) is 0 Å². The molecule has 0 aliphatic heterocycles. The van der Waals surface area contributed by atoms with Crippen LogP contribution in [0.2, 0.25) is 0 Å². The number of hydrogen-bond acceptors (Lipinski definition) is 1. The number of unbranched alkanes of at least 4 members (excludes halogenated alkanes) is 8. The highest BCUT2D eigenvalue weighted by Gasteiger charge is 2.33. The zero-order valence-corrected chi connectivity index (χ0v) is 13.3. The van der Waals surface area contributed by atoms with Gasteiger partial charge in [0.05, 0.1) is 5.41 Å². The minimum absolute atomic E-state index is 0.457. The van der Waals surface area contributed by atoms with E-state index < -0.39 is 11.4 Å². The molecule has 0 aromatic carbocycles. The Morgan fingerprint density at radius 3 is 1.58 bits per heavy atom. The molecular weight excluding hydrogens is 236 g/mol. The second-order valence-electron chi connectivity index (χ2n) is 5.87. The number of aliphatic carboxylic acids is 1. The second-order valence-corrected chi connectivity index (χ2v) is 5.87. The summed E-state index contributed by atoms with van der Waals surface area (Å²) in [6.07, 6.45) is 14.0. The summed E-state index contributed by atoms with van der Waals surface area (Å²) >= 11 is 0. The van der Waals surface area contributed by atoms with Gasteiger partial charge >= 0.3 is 5.97 Å². The smallest absolute Gasteiger partial charge is 0.309 e. The van der Waals surface area contributed by atoms with Crippen molar-refractivity contribution in [2.24, 2.45) is 5.41 Å². The molecule has 0 aromatic heterocycles. The highest BCUT2D eigenvalue weighted by atomic mass is 16.4. The molecule has 0 spiro atoms. The molecule has 0 aromatic rings. The first-order valence-electron chi connectivity index (χ1n) is 8.36. The predicted octanol–water partition coefficient (Wildman–Crippen LogP) is 5.80. The fraction of sp³-hybridized carbons (Fsp3) is 0.941. The molecule has 0 saturated heterocycles. The van der Waals surface area contributed by atoms with Gasteiger partial charge in [0.2, 0.25) is 0 Å². The van der Waals surface area contributed by atoms with E-state index in [9.17, 15) is 9.90 Å². The van der Waals surface area contributed by atoms with Gasteiger partial charge in [-0.05, 0) is 19.3 Å². The van der Waals surface area contributed by atoms with E-state index in [0.29, 0.717) is 0 Å². The van der Waals surface area contributed by atoms with Crippen molar-refractivity contribution in [2.75, 3.05) is 0 Å². The molecule has 1 N–H and O–H groups in total. The van der Waals surface area contributed by atoms with Crippen LogP contribution in [0.25, 0.3) is 0 Å². The van der Waals surface area contributed by atoms with Crippen LogP contribution in [0.1, 0.15) is 97.8 Å². The molecule has 0 aliphatic carbocycles. The van der Waals surface area contributed by atoms with Crippen LogP contribution in [0.3, 0.4) is 0 Å². The molecule has 0 unspecified atom stereocenters. The van der Waals surface area contributed by atoms with E-state index in [-0.39, 0.29) is 0 Å². The van der Waals surface area contributed by atoms with Gasteiger partial charge in [0.1, 0.15) is 0 Å². The van der Waals surface area contributed by atoms with Crippen LogP contribution in [0.5, 0.6) is 0 Å². The Balaban J connectivity index is 3.59. The zero-order chi connectivity index (χ0) is 14.6. The summed E-state index contributed by atoms with van der Waals surface area (Å²) in [5, 5.41) is 9.35. The lowest BCUT2D eigenvalue weighted by molar-refractivity contribution is -0.150. The maximum Gasteiger partial charge on any atom is 0.309 e. The summed E-state index contributed by atoms with van der Waals surface area (Å²) in [7, 11) is 0. The first kappa shape index (κ1) is 18.5. The molecule has 0 rings (SSSR count). The number of carboxylic acid groups (broad SMARTS) is 1. The molecule has 0 radical (unpaired) electrons.